The van der Waals surface area contributed by atoms with Gasteiger partial charge in [-0.15, -0.1) is 0 Å². The Hall–Kier alpha value is -2.90. The zero-order valence-corrected chi connectivity index (χ0v) is 14.7. The van der Waals surface area contributed by atoms with Crippen LogP contribution in [0.2, 0.25) is 0 Å². The molecule has 0 spiro atoms. The molecule has 1 aromatic carbocycles. The molecule has 1 aromatic heterocycles. The van der Waals surface area contributed by atoms with Crippen molar-refractivity contribution in [2.24, 2.45) is 0 Å². The summed E-state index contributed by atoms with van der Waals surface area (Å²) in [6.07, 6.45) is 1.69. The number of rotatable bonds is 5. The predicted octanol–water partition coefficient (Wildman–Crippen LogP) is 1.97. The number of amides is 2. The number of hydrogen-bond donors (Lipinski definition) is 2. The summed E-state index contributed by atoms with van der Waals surface area (Å²) >= 11 is 0. The fraction of sp³-hybridized carbons (Fsp3) is 0.412. The van der Waals surface area contributed by atoms with Gasteiger partial charge >= 0.3 is 0 Å². The van der Waals surface area contributed by atoms with Crippen molar-refractivity contribution in [2.75, 3.05) is 0 Å². The quantitative estimate of drug-likeness (QED) is 0.637. The Morgan fingerprint density at radius 3 is 2.56 bits per heavy atom. The number of nitrogens with one attached hydrogen (secondary N) is 2. The molecular formula is C17H22N4O4. The first-order chi connectivity index (χ1) is 11.6. The highest BCUT2D eigenvalue weighted by Gasteiger charge is 2.21. The number of hydrogen-bond acceptors (Lipinski definition) is 4. The number of nitro benzene ring substituents is 1. The van der Waals surface area contributed by atoms with Gasteiger partial charge in [0.15, 0.2) is 0 Å². The Bertz CT molecular complexity index is 820. The first kappa shape index (κ1) is 18.4. The second kappa shape index (κ2) is 6.92. The van der Waals surface area contributed by atoms with E-state index in [2.05, 4.69) is 10.6 Å². The molecule has 2 amide bonds. The number of fused-ring (bicyclic) bond motifs is 1. The van der Waals surface area contributed by atoms with Crippen LogP contribution in [0.15, 0.2) is 30.5 Å². The van der Waals surface area contributed by atoms with Crippen LogP contribution >= 0.6 is 0 Å². The highest BCUT2D eigenvalue weighted by atomic mass is 16.6. The minimum atomic E-state index is -0.658. The van der Waals surface area contributed by atoms with Crippen molar-refractivity contribution >= 4 is 28.4 Å². The molecule has 25 heavy (non-hydrogen) atoms. The molecule has 2 rings (SSSR count). The molecule has 1 heterocycles. The first-order valence-electron chi connectivity index (χ1n) is 7.91. The molecule has 134 valence electrons. The van der Waals surface area contributed by atoms with Crippen LogP contribution in [0.1, 0.15) is 27.7 Å². The van der Waals surface area contributed by atoms with Crippen molar-refractivity contribution in [1.82, 2.24) is 15.2 Å². The van der Waals surface area contributed by atoms with Crippen LogP contribution in [0.3, 0.4) is 0 Å². The molecule has 2 aromatic rings. The van der Waals surface area contributed by atoms with E-state index in [0.717, 1.165) is 0 Å². The second-order valence-corrected chi connectivity index (χ2v) is 6.97. The van der Waals surface area contributed by atoms with Crippen LogP contribution in [-0.4, -0.2) is 32.9 Å². The van der Waals surface area contributed by atoms with Crippen LogP contribution in [-0.2, 0) is 16.1 Å². The smallest absolute Gasteiger partial charge is 0.270 e. The summed E-state index contributed by atoms with van der Waals surface area (Å²) in [6, 6.07) is 5.52. The van der Waals surface area contributed by atoms with E-state index in [1.54, 1.807) is 29.8 Å². The molecular weight excluding hydrogens is 324 g/mol. The summed E-state index contributed by atoms with van der Waals surface area (Å²) in [5, 5.41) is 17.0. The van der Waals surface area contributed by atoms with Gasteiger partial charge in [-0.25, -0.2) is 0 Å². The standard InChI is InChI=1S/C17H22N4O4/c1-11(16(23)19-17(2,3)4)18-15(22)10-20-8-7-12-9-13(21(24)25)5-6-14(12)20/h5-9,11H,10H2,1-4H3,(H,18,22)(H,19,23). The Labute approximate surface area is 145 Å². The Morgan fingerprint density at radius 2 is 1.96 bits per heavy atom. The van der Waals surface area contributed by atoms with Gasteiger partial charge in [-0.3, -0.25) is 19.7 Å². The summed E-state index contributed by atoms with van der Waals surface area (Å²) in [4.78, 5) is 34.6. The van der Waals surface area contributed by atoms with Crippen LogP contribution in [0, 0.1) is 10.1 Å². The van der Waals surface area contributed by atoms with E-state index in [1.807, 2.05) is 20.8 Å². The Balaban J connectivity index is 2.04. The minimum absolute atomic E-state index is 0.00201. The maximum atomic E-state index is 12.2. The highest BCUT2D eigenvalue weighted by molar-refractivity contribution is 5.89. The van der Waals surface area contributed by atoms with Gasteiger partial charge in [0.1, 0.15) is 12.6 Å². The molecule has 1 unspecified atom stereocenters. The highest BCUT2D eigenvalue weighted by Crippen LogP contribution is 2.21. The number of aromatic nitrogens is 1. The van der Waals surface area contributed by atoms with Crippen LogP contribution in [0.5, 0.6) is 0 Å². The summed E-state index contributed by atoms with van der Waals surface area (Å²) in [6.45, 7) is 7.24. The van der Waals surface area contributed by atoms with E-state index in [1.165, 1.54) is 12.1 Å². The molecule has 1 atom stereocenters. The molecule has 0 bridgehead atoms. The zero-order chi connectivity index (χ0) is 18.8. The number of benzene rings is 1. The lowest BCUT2D eigenvalue weighted by Gasteiger charge is -2.23. The largest absolute Gasteiger partial charge is 0.350 e. The van der Waals surface area contributed by atoms with Gasteiger partial charge in [-0.05, 0) is 39.8 Å². The van der Waals surface area contributed by atoms with Crippen molar-refractivity contribution in [1.29, 1.82) is 0 Å². The lowest BCUT2D eigenvalue weighted by atomic mass is 10.1. The molecule has 0 saturated carbocycles. The van der Waals surface area contributed by atoms with Crippen molar-refractivity contribution < 1.29 is 14.5 Å². The van der Waals surface area contributed by atoms with Gasteiger partial charge in [0.2, 0.25) is 11.8 Å². The number of non-ortho nitro benzene ring substituents is 1. The van der Waals surface area contributed by atoms with Crippen molar-refractivity contribution in [3.8, 4) is 0 Å². The second-order valence-electron chi connectivity index (χ2n) is 6.97. The Kier molecular flexibility index (Phi) is 5.10. The van der Waals surface area contributed by atoms with Gasteiger partial charge < -0.3 is 15.2 Å². The van der Waals surface area contributed by atoms with E-state index < -0.39 is 11.0 Å². The third-order valence-corrected chi connectivity index (χ3v) is 3.55. The molecule has 0 fully saturated rings. The van der Waals surface area contributed by atoms with E-state index >= 15 is 0 Å². The van der Waals surface area contributed by atoms with Gasteiger partial charge in [0.25, 0.3) is 5.69 Å². The maximum absolute atomic E-state index is 12.2. The topological polar surface area (TPSA) is 106 Å². The average molecular weight is 346 g/mol. The lowest BCUT2D eigenvalue weighted by molar-refractivity contribution is -0.384. The molecule has 8 heteroatoms. The van der Waals surface area contributed by atoms with Crippen molar-refractivity contribution in [3.05, 3.63) is 40.6 Å². The molecule has 2 N–H and O–H groups in total. The molecule has 0 aliphatic heterocycles. The van der Waals surface area contributed by atoms with Gasteiger partial charge in [-0.1, -0.05) is 0 Å². The Morgan fingerprint density at radius 1 is 1.28 bits per heavy atom. The number of carbonyl (C=O) groups excluding carboxylic acids is 2. The fourth-order valence-electron chi connectivity index (χ4n) is 2.42. The number of nitro groups is 1. The van der Waals surface area contributed by atoms with Crippen molar-refractivity contribution in [2.45, 2.75) is 45.8 Å². The lowest BCUT2D eigenvalue weighted by Crippen LogP contribution is -2.51. The van der Waals surface area contributed by atoms with Crippen LogP contribution < -0.4 is 10.6 Å². The summed E-state index contributed by atoms with van der Waals surface area (Å²) in [5.41, 5.74) is 0.344. The van der Waals surface area contributed by atoms with Gasteiger partial charge in [0.05, 0.1) is 4.92 Å². The third-order valence-electron chi connectivity index (χ3n) is 3.55. The molecule has 0 aliphatic carbocycles. The van der Waals surface area contributed by atoms with E-state index in [0.29, 0.717) is 10.9 Å². The van der Waals surface area contributed by atoms with E-state index in [-0.39, 0.29) is 29.6 Å². The number of carbonyl (C=O) groups is 2. The molecule has 8 nitrogen and oxygen atoms in total. The van der Waals surface area contributed by atoms with E-state index in [9.17, 15) is 19.7 Å². The average Bonchev–Trinajstić information content (AvgIpc) is 2.87. The van der Waals surface area contributed by atoms with Crippen LogP contribution in [0.25, 0.3) is 10.9 Å². The number of nitrogens with zero attached hydrogens (tertiary/aromatic N) is 2. The fourth-order valence-corrected chi connectivity index (χ4v) is 2.42. The summed E-state index contributed by atoms with van der Waals surface area (Å²) in [7, 11) is 0. The van der Waals surface area contributed by atoms with E-state index in [4.69, 9.17) is 0 Å². The van der Waals surface area contributed by atoms with Crippen LogP contribution in [0.4, 0.5) is 5.69 Å². The first-order valence-corrected chi connectivity index (χ1v) is 7.91. The summed E-state index contributed by atoms with van der Waals surface area (Å²) < 4.78 is 1.68. The van der Waals surface area contributed by atoms with Gasteiger partial charge in [0, 0.05) is 34.8 Å². The monoisotopic (exact) mass is 346 g/mol. The minimum Gasteiger partial charge on any atom is -0.350 e. The third kappa shape index (κ3) is 4.79. The normalized spacial score (nSPS) is 12.6. The zero-order valence-electron chi connectivity index (χ0n) is 14.7. The maximum Gasteiger partial charge on any atom is 0.270 e. The molecule has 0 saturated heterocycles. The van der Waals surface area contributed by atoms with Crippen molar-refractivity contribution in [3.63, 3.8) is 0 Å². The SMILES string of the molecule is CC(NC(=O)Cn1ccc2cc([N+](=O)[O-])ccc21)C(=O)NC(C)(C)C. The predicted molar refractivity (Wildman–Crippen MR) is 94.1 cm³/mol. The molecule has 0 aliphatic rings. The molecule has 0 radical (unpaired) electrons. The summed E-state index contributed by atoms with van der Waals surface area (Å²) in [5.74, 6) is -0.568. The van der Waals surface area contributed by atoms with Gasteiger partial charge in [-0.2, -0.15) is 0 Å².